The SMILES string of the molecule is COCCc1onc(C2CC2)c1-c1cc2oc(-c3ccc(F)cc3)c(C(=O)OC(N)=O)c2cc1OC. The summed E-state index contributed by atoms with van der Waals surface area (Å²) in [5.41, 5.74) is 8.09. The molecule has 2 aromatic heterocycles. The first-order valence-electron chi connectivity index (χ1n) is 11.3. The third kappa shape index (κ3) is 4.31. The van der Waals surface area contributed by atoms with Crippen molar-refractivity contribution in [1.29, 1.82) is 0 Å². The number of halogens is 1. The molecule has 9 nitrogen and oxygen atoms in total. The van der Waals surface area contributed by atoms with Crippen LogP contribution in [-0.2, 0) is 15.9 Å². The summed E-state index contributed by atoms with van der Waals surface area (Å²) in [6.07, 6.45) is 1.25. The molecule has 1 amide bonds. The van der Waals surface area contributed by atoms with E-state index in [1.807, 2.05) is 0 Å². The molecule has 2 aromatic carbocycles. The molecular weight excluding hydrogens is 471 g/mol. The van der Waals surface area contributed by atoms with Gasteiger partial charge in [0.1, 0.15) is 34.2 Å². The van der Waals surface area contributed by atoms with Gasteiger partial charge in [-0.3, -0.25) is 0 Å². The van der Waals surface area contributed by atoms with Gasteiger partial charge in [-0.2, -0.15) is 0 Å². The Kier molecular flexibility index (Phi) is 6.19. The summed E-state index contributed by atoms with van der Waals surface area (Å²) in [6.45, 7) is 0.440. The highest BCUT2D eigenvalue weighted by Gasteiger charge is 2.34. The average Bonchev–Trinajstić information content (AvgIpc) is 3.51. The lowest BCUT2D eigenvalue weighted by Crippen LogP contribution is -2.18. The number of methoxy groups -OCH3 is 2. The van der Waals surface area contributed by atoms with E-state index < -0.39 is 17.9 Å². The molecular formula is C26H23FN2O7. The number of nitrogens with two attached hydrogens (primary N) is 1. The van der Waals surface area contributed by atoms with E-state index in [4.69, 9.17) is 24.1 Å². The van der Waals surface area contributed by atoms with E-state index >= 15 is 0 Å². The molecule has 4 aromatic rings. The van der Waals surface area contributed by atoms with E-state index in [2.05, 4.69) is 9.89 Å². The van der Waals surface area contributed by atoms with Gasteiger partial charge in [-0.25, -0.2) is 14.0 Å². The average molecular weight is 494 g/mol. The lowest BCUT2D eigenvalue weighted by Gasteiger charge is -2.10. The Bertz CT molecular complexity index is 1450. The number of hydrogen-bond donors (Lipinski definition) is 1. The molecule has 186 valence electrons. The van der Waals surface area contributed by atoms with Crippen LogP contribution in [0.15, 0.2) is 45.3 Å². The van der Waals surface area contributed by atoms with Crippen LogP contribution in [0.5, 0.6) is 5.75 Å². The molecule has 0 saturated heterocycles. The van der Waals surface area contributed by atoms with Crippen LogP contribution >= 0.6 is 0 Å². The number of esters is 1. The number of ether oxygens (including phenoxy) is 3. The summed E-state index contributed by atoms with van der Waals surface area (Å²) in [5.74, 6) is 0.0141. The van der Waals surface area contributed by atoms with Crippen molar-refractivity contribution in [1.82, 2.24) is 5.16 Å². The van der Waals surface area contributed by atoms with E-state index in [1.165, 1.54) is 31.4 Å². The number of primary amides is 1. The van der Waals surface area contributed by atoms with Gasteiger partial charge in [-0.05, 0) is 49.2 Å². The summed E-state index contributed by atoms with van der Waals surface area (Å²) >= 11 is 0. The standard InChI is InChI=1S/C26H23FN2O7/c1-32-10-9-18-21(23(29-36-18)13-3-4-13)16-12-20-17(11-19(16)33-2)22(25(30)35-26(28)31)24(34-20)14-5-7-15(27)8-6-14/h5-8,11-13H,3-4,9-10H2,1-2H3,(H2,28,31). The Labute approximate surface area is 204 Å². The largest absolute Gasteiger partial charge is 0.496 e. The van der Waals surface area contributed by atoms with Gasteiger partial charge in [0, 0.05) is 36.0 Å². The van der Waals surface area contributed by atoms with E-state index in [9.17, 15) is 14.0 Å². The highest BCUT2D eigenvalue weighted by atomic mass is 19.1. The minimum absolute atomic E-state index is 0.0346. The predicted molar refractivity (Wildman–Crippen MR) is 126 cm³/mol. The normalized spacial score (nSPS) is 13.2. The highest BCUT2D eigenvalue weighted by molar-refractivity contribution is 6.12. The van der Waals surface area contributed by atoms with Crippen LogP contribution in [0, 0.1) is 5.82 Å². The maximum absolute atomic E-state index is 13.6. The predicted octanol–water partition coefficient (Wildman–Crippen LogP) is 5.20. The molecule has 2 heterocycles. The first kappa shape index (κ1) is 23.6. The van der Waals surface area contributed by atoms with Crippen LogP contribution in [0.4, 0.5) is 9.18 Å². The summed E-state index contributed by atoms with van der Waals surface area (Å²) < 4.78 is 40.9. The topological polar surface area (TPSA) is 127 Å². The highest BCUT2D eigenvalue weighted by Crippen LogP contribution is 2.48. The summed E-state index contributed by atoms with van der Waals surface area (Å²) in [6, 6.07) is 8.75. The van der Waals surface area contributed by atoms with Crippen molar-refractivity contribution in [3.05, 3.63) is 59.2 Å². The first-order chi connectivity index (χ1) is 17.4. The molecule has 0 unspecified atom stereocenters. The third-order valence-corrected chi connectivity index (χ3v) is 6.07. The second-order valence-corrected chi connectivity index (χ2v) is 8.45. The van der Waals surface area contributed by atoms with Gasteiger partial charge in [0.25, 0.3) is 0 Å². The van der Waals surface area contributed by atoms with Crippen molar-refractivity contribution in [2.45, 2.75) is 25.2 Å². The van der Waals surface area contributed by atoms with Crippen LogP contribution in [0.1, 0.15) is 40.6 Å². The fraction of sp³-hybridized carbons (Fsp3) is 0.269. The molecule has 10 heteroatoms. The van der Waals surface area contributed by atoms with Crippen molar-refractivity contribution in [3.8, 4) is 28.2 Å². The van der Waals surface area contributed by atoms with Crippen LogP contribution in [0.2, 0.25) is 0 Å². The van der Waals surface area contributed by atoms with E-state index in [0.717, 1.165) is 24.1 Å². The van der Waals surface area contributed by atoms with Gasteiger partial charge in [0.2, 0.25) is 0 Å². The zero-order chi connectivity index (χ0) is 25.4. The maximum Gasteiger partial charge on any atom is 0.412 e. The smallest absolute Gasteiger partial charge is 0.412 e. The van der Waals surface area contributed by atoms with Crippen molar-refractivity contribution >= 4 is 23.0 Å². The van der Waals surface area contributed by atoms with Gasteiger partial charge in [-0.1, -0.05) is 5.16 Å². The van der Waals surface area contributed by atoms with Crippen molar-refractivity contribution in [3.63, 3.8) is 0 Å². The zero-order valence-electron chi connectivity index (χ0n) is 19.6. The molecule has 2 N–H and O–H groups in total. The number of hydrogen-bond acceptors (Lipinski definition) is 8. The molecule has 0 atom stereocenters. The Balaban J connectivity index is 1.74. The second kappa shape index (κ2) is 9.46. The number of fused-ring (bicyclic) bond motifs is 1. The fourth-order valence-electron chi connectivity index (χ4n) is 4.26. The lowest BCUT2D eigenvalue weighted by atomic mass is 9.96. The van der Waals surface area contributed by atoms with Crippen molar-refractivity contribution < 1.29 is 37.1 Å². The van der Waals surface area contributed by atoms with Crippen LogP contribution in [0.25, 0.3) is 33.4 Å². The monoisotopic (exact) mass is 494 g/mol. The van der Waals surface area contributed by atoms with Gasteiger partial charge < -0.3 is 28.9 Å². The fourth-order valence-corrected chi connectivity index (χ4v) is 4.26. The van der Waals surface area contributed by atoms with E-state index in [-0.39, 0.29) is 17.2 Å². The molecule has 1 saturated carbocycles. The van der Waals surface area contributed by atoms with Gasteiger partial charge in [0.05, 0.1) is 25.0 Å². The maximum atomic E-state index is 13.6. The number of amides is 1. The van der Waals surface area contributed by atoms with Gasteiger partial charge >= 0.3 is 12.1 Å². The zero-order valence-corrected chi connectivity index (χ0v) is 19.6. The van der Waals surface area contributed by atoms with Crippen LogP contribution < -0.4 is 10.5 Å². The summed E-state index contributed by atoms with van der Waals surface area (Å²) in [5, 5.41) is 4.66. The second-order valence-electron chi connectivity index (χ2n) is 8.45. The molecule has 0 aliphatic heterocycles. The molecule has 1 fully saturated rings. The Hall–Kier alpha value is -4.18. The molecule has 0 bridgehead atoms. The third-order valence-electron chi connectivity index (χ3n) is 6.07. The Morgan fingerprint density at radius 1 is 1.17 bits per heavy atom. The number of nitrogens with zero attached hydrogens (tertiary/aromatic N) is 1. The van der Waals surface area contributed by atoms with E-state index in [0.29, 0.717) is 46.6 Å². The molecule has 1 aliphatic carbocycles. The van der Waals surface area contributed by atoms with Gasteiger partial charge in [-0.15, -0.1) is 0 Å². The van der Waals surface area contributed by atoms with Crippen LogP contribution in [0.3, 0.4) is 0 Å². The number of carbonyl (C=O) groups excluding carboxylic acids is 2. The number of carbonyl (C=O) groups is 2. The molecule has 0 radical (unpaired) electrons. The minimum atomic E-state index is -1.26. The quantitative estimate of drug-likeness (QED) is 0.261. The summed E-state index contributed by atoms with van der Waals surface area (Å²) in [7, 11) is 3.11. The molecule has 1 aliphatic rings. The van der Waals surface area contributed by atoms with Crippen LogP contribution in [-0.4, -0.2) is 38.0 Å². The molecule has 5 rings (SSSR count). The first-order valence-corrected chi connectivity index (χ1v) is 11.3. The van der Waals surface area contributed by atoms with Gasteiger partial charge in [0.15, 0.2) is 0 Å². The Morgan fingerprint density at radius 3 is 2.56 bits per heavy atom. The molecule has 0 spiro atoms. The number of furan rings is 1. The number of rotatable bonds is 8. The molecule has 36 heavy (non-hydrogen) atoms. The van der Waals surface area contributed by atoms with E-state index in [1.54, 1.807) is 19.2 Å². The lowest BCUT2D eigenvalue weighted by molar-refractivity contribution is 0.0640. The Morgan fingerprint density at radius 2 is 1.92 bits per heavy atom. The minimum Gasteiger partial charge on any atom is -0.496 e. The number of aromatic nitrogens is 1. The van der Waals surface area contributed by atoms with Crippen molar-refractivity contribution in [2.75, 3.05) is 20.8 Å². The summed E-state index contributed by atoms with van der Waals surface area (Å²) in [4.78, 5) is 24.2. The number of benzene rings is 2. The van der Waals surface area contributed by atoms with Crippen molar-refractivity contribution in [2.24, 2.45) is 5.73 Å².